The summed E-state index contributed by atoms with van der Waals surface area (Å²) in [5.74, 6) is 0.444. The molecule has 4 aromatic rings. The van der Waals surface area contributed by atoms with E-state index in [1.165, 1.54) is 11.0 Å². The Kier molecular flexibility index (Phi) is 6.64. The highest BCUT2D eigenvalue weighted by Crippen LogP contribution is 2.29. The first-order valence-corrected chi connectivity index (χ1v) is 11.2. The van der Waals surface area contributed by atoms with E-state index in [1.54, 1.807) is 43.6 Å². The fourth-order valence-corrected chi connectivity index (χ4v) is 3.83. The van der Waals surface area contributed by atoms with Gasteiger partial charge in [-0.25, -0.2) is 15.0 Å². The number of fused-ring (bicyclic) bond motifs is 1. The number of hydrogen-bond donors (Lipinski definition) is 1. The van der Waals surface area contributed by atoms with Gasteiger partial charge in [-0.1, -0.05) is 0 Å². The number of nitrogen functional groups attached to an aromatic ring is 1. The summed E-state index contributed by atoms with van der Waals surface area (Å²) in [4.78, 5) is 31.8. The van der Waals surface area contributed by atoms with Gasteiger partial charge in [0.2, 0.25) is 0 Å². The predicted molar refractivity (Wildman–Crippen MR) is 128 cm³/mol. The van der Waals surface area contributed by atoms with Crippen LogP contribution in [0.2, 0.25) is 0 Å². The molecule has 0 saturated carbocycles. The molecule has 0 radical (unpaired) electrons. The number of benzene rings is 1. The number of pyridine rings is 2. The fourth-order valence-electron chi connectivity index (χ4n) is 3.38. The summed E-state index contributed by atoms with van der Waals surface area (Å²) in [5, 5.41) is 0.737. The Balaban J connectivity index is 1.70. The fraction of sp³-hybridized carbons (Fsp3) is 0.174. The first kappa shape index (κ1) is 23.8. The zero-order chi connectivity index (χ0) is 24.5. The largest absolute Gasteiger partial charge is 0.417 e. The highest BCUT2D eigenvalue weighted by molar-refractivity contribution is 14.1. The molecule has 3 aromatic heterocycles. The van der Waals surface area contributed by atoms with E-state index in [4.69, 9.17) is 5.73 Å². The molecule has 0 aliphatic heterocycles. The van der Waals surface area contributed by atoms with Crippen LogP contribution in [0.5, 0.6) is 0 Å². The Bertz CT molecular complexity index is 1330. The van der Waals surface area contributed by atoms with E-state index in [2.05, 4.69) is 42.5 Å². The van der Waals surface area contributed by atoms with Crippen LogP contribution in [0.25, 0.3) is 10.9 Å². The number of nitrogens with zero attached hydrogens (tertiary/aromatic N) is 5. The van der Waals surface area contributed by atoms with Crippen LogP contribution in [-0.2, 0) is 12.7 Å². The monoisotopic (exact) mass is 578 g/mol. The van der Waals surface area contributed by atoms with Gasteiger partial charge >= 0.3 is 6.18 Å². The van der Waals surface area contributed by atoms with Crippen molar-refractivity contribution in [2.24, 2.45) is 0 Å². The molecule has 0 unspecified atom stereocenters. The van der Waals surface area contributed by atoms with Crippen LogP contribution < -0.4 is 5.73 Å². The standard InChI is InChI=1S/C23H18F3IN6O/c1-13(21-29-7-2-8-30-21)33(12-17-5-4-16(11-31-17)23(24,25)26)22(34)14-3-6-19-15(9-14)10-18(27)20(28)32-19/h2-11,13H,12H2,1H3,(H2,28,32)/t13-/m1/s1. The van der Waals surface area contributed by atoms with Crippen molar-refractivity contribution in [1.82, 2.24) is 24.8 Å². The van der Waals surface area contributed by atoms with Gasteiger partial charge in [0, 0.05) is 29.5 Å². The van der Waals surface area contributed by atoms with Crippen molar-refractivity contribution in [1.29, 1.82) is 0 Å². The SMILES string of the molecule is C[C@H](c1ncccn1)N(Cc1ccc(C(F)(F)F)cn1)C(=O)c1ccc2nc(N)c(I)cc2c1. The number of alkyl halides is 3. The second-order valence-corrected chi connectivity index (χ2v) is 8.68. The van der Waals surface area contributed by atoms with Crippen LogP contribution in [0.4, 0.5) is 19.0 Å². The van der Waals surface area contributed by atoms with Crippen molar-refractivity contribution < 1.29 is 18.0 Å². The smallest absolute Gasteiger partial charge is 0.383 e. The molecule has 34 heavy (non-hydrogen) atoms. The lowest BCUT2D eigenvalue weighted by molar-refractivity contribution is -0.137. The molecule has 0 bridgehead atoms. The molecule has 1 atom stereocenters. The molecule has 174 valence electrons. The van der Waals surface area contributed by atoms with E-state index in [0.717, 1.165) is 21.2 Å². The number of aromatic nitrogens is 4. The van der Waals surface area contributed by atoms with Crippen LogP contribution in [0.1, 0.15) is 40.4 Å². The summed E-state index contributed by atoms with van der Waals surface area (Å²) in [6.07, 6.45) is -0.611. The topological polar surface area (TPSA) is 97.9 Å². The van der Waals surface area contributed by atoms with Crippen molar-refractivity contribution in [3.8, 4) is 0 Å². The molecule has 0 aliphatic carbocycles. The van der Waals surface area contributed by atoms with Gasteiger partial charge in [0.25, 0.3) is 5.91 Å². The van der Waals surface area contributed by atoms with Crippen LogP contribution in [0.3, 0.4) is 0 Å². The van der Waals surface area contributed by atoms with Gasteiger partial charge in [-0.3, -0.25) is 9.78 Å². The summed E-state index contributed by atoms with van der Waals surface area (Å²) in [6, 6.07) is 10.2. The van der Waals surface area contributed by atoms with Gasteiger partial charge in [0.15, 0.2) is 0 Å². The molecule has 0 spiro atoms. The van der Waals surface area contributed by atoms with E-state index in [1.807, 2.05) is 6.07 Å². The Morgan fingerprint density at radius 1 is 1.12 bits per heavy atom. The highest BCUT2D eigenvalue weighted by Gasteiger charge is 2.31. The lowest BCUT2D eigenvalue weighted by atomic mass is 10.1. The van der Waals surface area contributed by atoms with E-state index >= 15 is 0 Å². The summed E-state index contributed by atoms with van der Waals surface area (Å²) in [6.45, 7) is 1.72. The lowest BCUT2D eigenvalue weighted by Gasteiger charge is -2.28. The number of hydrogen-bond acceptors (Lipinski definition) is 6. The second-order valence-electron chi connectivity index (χ2n) is 7.51. The van der Waals surface area contributed by atoms with Crippen LogP contribution in [0.15, 0.2) is 61.1 Å². The van der Waals surface area contributed by atoms with Gasteiger partial charge in [-0.2, -0.15) is 13.2 Å². The molecule has 0 saturated heterocycles. The molecule has 0 fully saturated rings. The molecule has 1 amide bonds. The van der Waals surface area contributed by atoms with Crippen LogP contribution in [-0.4, -0.2) is 30.7 Å². The van der Waals surface area contributed by atoms with E-state index in [9.17, 15) is 18.0 Å². The zero-order valence-electron chi connectivity index (χ0n) is 17.8. The van der Waals surface area contributed by atoms with Gasteiger partial charge in [0.1, 0.15) is 11.6 Å². The van der Waals surface area contributed by atoms with Gasteiger partial charge < -0.3 is 10.6 Å². The van der Waals surface area contributed by atoms with Crippen molar-refractivity contribution in [2.45, 2.75) is 25.7 Å². The van der Waals surface area contributed by atoms with Gasteiger partial charge in [-0.15, -0.1) is 0 Å². The molecular formula is C23H18F3IN6O. The summed E-state index contributed by atoms with van der Waals surface area (Å²) < 4.78 is 39.5. The van der Waals surface area contributed by atoms with E-state index < -0.39 is 17.8 Å². The first-order chi connectivity index (χ1) is 16.1. The number of carbonyl (C=O) groups is 1. The van der Waals surface area contributed by atoms with E-state index in [-0.39, 0.29) is 12.5 Å². The maximum atomic E-state index is 13.6. The van der Waals surface area contributed by atoms with Crippen molar-refractivity contribution in [2.75, 3.05) is 5.73 Å². The summed E-state index contributed by atoms with van der Waals surface area (Å²) >= 11 is 2.07. The van der Waals surface area contributed by atoms with Crippen LogP contribution >= 0.6 is 22.6 Å². The molecule has 2 N–H and O–H groups in total. The number of halogens is 4. The van der Waals surface area contributed by atoms with Gasteiger partial charge in [0.05, 0.1) is 32.9 Å². The lowest BCUT2D eigenvalue weighted by Crippen LogP contribution is -2.34. The quantitative estimate of drug-likeness (QED) is 0.334. The molecule has 1 aromatic carbocycles. The number of amides is 1. The third kappa shape index (κ3) is 5.08. The molecule has 0 aliphatic rings. The average Bonchev–Trinajstić information content (AvgIpc) is 2.82. The third-order valence-corrected chi connectivity index (χ3v) is 6.08. The minimum atomic E-state index is -4.49. The van der Waals surface area contributed by atoms with Gasteiger partial charge in [-0.05, 0) is 72.0 Å². The minimum Gasteiger partial charge on any atom is -0.383 e. The Hall–Kier alpha value is -3.35. The number of carbonyl (C=O) groups excluding carboxylic acids is 1. The molecule has 3 heterocycles. The van der Waals surface area contributed by atoms with E-state index in [0.29, 0.717) is 28.4 Å². The van der Waals surface area contributed by atoms with Crippen molar-refractivity contribution in [3.05, 3.63) is 87.3 Å². The number of anilines is 1. The summed E-state index contributed by atoms with van der Waals surface area (Å²) in [5.41, 5.74) is 6.34. The Morgan fingerprint density at radius 2 is 1.85 bits per heavy atom. The second kappa shape index (κ2) is 9.49. The van der Waals surface area contributed by atoms with Crippen molar-refractivity contribution >= 4 is 45.2 Å². The molecule has 4 rings (SSSR count). The highest BCUT2D eigenvalue weighted by atomic mass is 127. The maximum absolute atomic E-state index is 13.6. The normalized spacial score (nSPS) is 12.5. The molecule has 11 heteroatoms. The third-order valence-electron chi connectivity index (χ3n) is 5.21. The Labute approximate surface area is 206 Å². The Morgan fingerprint density at radius 3 is 2.50 bits per heavy atom. The van der Waals surface area contributed by atoms with Crippen molar-refractivity contribution in [3.63, 3.8) is 0 Å². The number of nitrogens with two attached hydrogens (primary N) is 1. The minimum absolute atomic E-state index is 0.0358. The average molecular weight is 578 g/mol. The zero-order valence-corrected chi connectivity index (χ0v) is 19.9. The van der Waals surface area contributed by atoms with Crippen LogP contribution in [0, 0.1) is 3.57 Å². The first-order valence-electron chi connectivity index (χ1n) is 10.1. The molecular weight excluding hydrogens is 560 g/mol. The predicted octanol–water partition coefficient (Wildman–Crippen LogP) is 5.03. The summed E-state index contributed by atoms with van der Waals surface area (Å²) in [7, 11) is 0. The number of rotatable bonds is 5. The molecule has 7 nitrogen and oxygen atoms in total. The maximum Gasteiger partial charge on any atom is 0.417 e.